The lowest BCUT2D eigenvalue weighted by atomic mass is 10.2. The van der Waals surface area contributed by atoms with E-state index in [4.69, 9.17) is 22.1 Å². The predicted octanol–water partition coefficient (Wildman–Crippen LogP) is 2.95. The molecule has 1 aliphatic heterocycles. The maximum absolute atomic E-state index is 12.2. The van der Waals surface area contributed by atoms with E-state index < -0.39 is 12.2 Å². The lowest BCUT2D eigenvalue weighted by Gasteiger charge is -2.14. The van der Waals surface area contributed by atoms with Crippen molar-refractivity contribution < 1.29 is 14.3 Å². The average Bonchev–Trinajstić information content (AvgIpc) is 3.29. The van der Waals surface area contributed by atoms with Crippen molar-refractivity contribution in [3.05, 3.63) is 45.6 Å². The van der Waals surface area contributed by atoms with Crippen LogP contribution in [-0.4, -0.2) is 50.1 Å². The average molecular weight is 436 g/mol. The van der Waals surface area contributed by atoms with Gasteiger partial charge in [0.15, 0.2) is 0 Å². The Labute approximate surface area is 177 Å². The topological polar surface area (TPSA) is 109 Å². The molecule has 4 N–H and O–H groups in total. The molecule has 0 aliphatic carbocycles. The van der Waals surface area contributed by atoms with Crippen molar-refractivity contribution >= 4 is 52.1 Å². The first kappa shape index (κ1) is 20.9. The highest BCUT2D eigenvalue weighted by molar-refractivity contribution is 7.18. The lowest BCUT2D eigenvalue weighted by molar-refractivity contribution is 0.0920. The van der Waals surface area contributed by atoms with Crippen LogP contribution in [0.3, 0.4) is 0 Å². The number of aliphatic imine (C=N–C) groups is 1. The van der Waals surface area contributed by atoms with Gasteiger partial charge in [-0.1, -0.05) is 11.6 Å². The number of ether oxygens (including phenoxy) is 1. The molecule has 1 aromatic carbocycles. The van der Waals surface area contributed by atoms with E-state index in [9.17, 15) is 9.59 Å². The number of amidine groups is 1. The van der Waals surface area contributed by atoms with Crippen molar-refractivity contribution in [2.24, 2.45) is 10.7 Å². The van der Waals surface area contributed by atoms with Crippen LogP contribution in [0.4, 0.5) is 16.2 Å². The minimum absolute atomic E-state index is 0.233. The van der Waals surface area contributed by atoms with Crippen molar-refractivity contribution in [1.29, 1.82) is 0 Å². The number of carbonyl (C=O) groups excluding carboxylic acids is 2. The second-order valence-electron chi connectivity index (χ2n) is 6.43. The van der Waals surface area contributed by atoms with Gasteiger partial charge in [0.25, 0.3) is 5.91 Å². The molecule has 1 unspecified atom stereocenters. The Morgan fingerprint density at radius 1 is 1.34 bits per heavy atom. The summed E-state index contributed by atoms with van der Waals surface area (Å²) in [7, 11) is 0. The summed E-state index contributed by atoms with van der Waals surface area (Å²) in [6.45, 7) is 3.60. The van der Waals surface area contributed by atoms with Crippen LogP contribution in [-0.2, 0) is 4.74 Å². The van der Waals surface area contributed by atoms with E-state index in [1.165, 1.54) is 11.3 Å². The number of hydrogen-bond donors (Lipinski definition) is 3. The number of halogens is 1. The van der Waals surface area contributed by atoms with Gasteiger partial charge in [0.1, 0.15) is 6.10 Å². The largest absolute Gasteiger partial charge is 0.442 e. The zero-order chi connectivity index (χ0) is 20.8. The Hall–Kier alpha value is -2.78. The number of carbonyl (C=O) groups is 2. The van der Waals surface area contributed by atoms with Gasteiger partial charge in [0.2, 0.25) is 0 Å². The summed E-state index contributed by atoms with van der Waals surface area (Å²) >= 11 is 7.05. The van der Waals surface area contributed by atoms with Crippen LogP contribution in [0.25, 0.3) is 0 Å². The molecule has 1 aromatic heterocycles. The van der Waals surface area contributed by atoms with Gasteiger partial charge < -0.3 is 21.1 Å². The Kier molecular flexibility index (Phi) is 6.95. The van der Waals surface area contributed by atoms with E-state index in [1.807, 2.05) is 24.3 Å². The second kappa shape index (κ2) is 9.62. The molecule has 0 spiro atoms. The van der Waals surface area contributed by atoms with E-state index >= 15 is 0 Å². The van der Waals surface area contributed by atoms with Crippen LogP contribution in [0.5, 0.6) is 0 Å². The number of anilines is 2. The standard InChI is InChI=1S/C19H22ClN5O3S/c1-12(21)22-8-9-23-13-2-4-14(5-3-13)25-11-15(28-19(25)27)10-24-18(26)16-6-7-17(20)29-16/h2-7,15,23H,8-11H2,1H3,(H2,21,22)(H,24,26). The summed E-state index contributed by atoms with van der Waals surface area (Å²) in [5, 5.41) is 6.01. The number of amides is 2. The highest BCUT2D eigenvalue weighted by atomic mass is 35.5. The molecule has 8 nitrogen and oxygen atoms in total. The third-order valence-corrected chi connectivity index (χ3v) is 5.37. The number of nitrogens with one attached hydrogen (secondary N) is 2. The summed E-state index contributed by atoms with van der Waals surface area (Å²) < 4.78 is 5.91. The molecular weight excluding hydrogens is 414 g/mol. The summed E-state index contributed by atoms with van der Waals surface area (Å²) in [4.78, 5) is 30.5. The molecule has 154 valence electrons. The molecule has 1 saturated heterocycles. The Balaban J connectivity index is 1.49. The maximum Gasteiger partial charge on any atom is 0.414 e. The van der Waals surface area contributed by atoms with Crippen molar-refractivity contribution in [3.8, 4) is 0 Å². The van der Waals surface area contributed by atoms with Gasteiger partial charge in [-0.25, -0.2) is 4.79 Å². The Morgan fingerprint density at radius 2 is 2.10 bits per heavy atom. The number of thiophene rings is 1. The second-order valence-corrected chi connectivity index (χ2v) is 8.14. The smallest absolute Gasteiger partial charge is 0.414 e. The number of hydrogen-bond acceptors (Lipinski definition) is 6. The van der Waals surface area contributed by atoms with E-state index in [1.54, 1.807) is 24.0 Å². The molecule has 3 rings (SSSR count). The molecule has 10 heteroatoms. The third kappa shape index (κ3) is 5.85. The zero-order valence-corrected chi connectivity index (χ0v) is 17.4. The van der Waals surface area contributed by atoms with E-state index in [-0.39, 0.29) is 12.5 Å². The summed E-state index contributed by atoms with van der Waals surface area (Å²) in [5.41, 5.74) is 7.15. The number of rotatable bonds is 8. The molecule has 0 radical (unpaired) electrons. The van der Waals surface area contributed by atoms with Gasteiger partial charge in [-0.2, -0.15) is 0 Å². The monoisotopic (exact) mass is 435 g/mol. The van der Waals surface area contributed by atoms with Crippen molar-refractivity contribution in [1.82, 2.24) is 5.32 Å². The molecule has 1 fully saturated rings. The number of benzene rings is 1. The van der Waals surface area contributed by atoms with Crippen molar-refractivity contribution in [2.45, 2.75) is 13.0 Å². The molecule has 1 aliphatic rings. The van der Waals surface area contributed by atoms with E-state index in [0.717, 1.165) is 11.4 Å². The van der Waals surface area contributed by atoms with Gasteiger partial charge in [-0.05, 0) is 43.3 Å². The van der Waals surface area contributed by atoms with Crippen LogP contribution < -0.4 is 21.3 Å². The molecular formula is C19H22ClN5O3S. The summed E-state index contributed by atoms with van der Waals surface area (Å²) in [6, 6.07) is 10.8. The van der Waals surface area contributed by atoms with Crippen LogP contribution in [0.15, 0.2) is 41.4 Å². The number of nitrogens with zero attached hydrogens (tertiary/aromatic N) is 2. The minimum atomic E-state index is -0.433. The van der Waals surface area contributed by atoms with Gasteiger partial charge >= 0.3 is 6.09 Å². The molecule has 2 amide bonds. The third-order valence-electron chi connectivity index (χ3n) is 4.14. The molecule has 29 heavy (non-hydrogen) atoms. The molecule has 0 saturated carbocycles. The highest BCUT2D eigenvalue weighted by Gasteiger charge is 2.32. The Bertz CT molecular complexity index is 896. The van der Waals surface area contributed by atoms with E-state index in [2.05, 4.69) is 15.6 Å². The van der Waals surface area contributed by atoms with Crippen molar-refractivity contribution in [3.63, 3.8) is 0 Å². The summed E-state index contributed by atoms with van der Waals surface area (Å²) in [6.07, 6.45) is -0.853. The molecule has 2 heterocycles. The van der Waals surface area contributed by atoms with E-state index in [0.29, 0.717) is 34.7 Å². The predicted molar refractivity (Wildman–Crippen MR) is 116 cm³/mol. The van der Waals surface area contributed by atoms with Gasteiger partial charge in [-0.15, -0.1) is 11.3 Å². The van der Waals surface area contributed by atoms with Crippen LogP contribution in [0.2, 0.25) is 4.34 Å². The fourth-order valence-corrected chi connectivity index (χ4v) is 3.72. The number of nitrogens with two attached hydrogens (primary N) is 1. The van der Waals surface area contributed by atoms with Gasteiger partial charge in [0.05, 0.1) is 34.7 Å². The Morgan fingerprint density at radius 3 is 2.76 bits per heavy atom. The fraction of sp³-hybridized carbons (Fsp3) is 0.316. The number of cyclic esters (lactones) is 1. The fourth-order valence-electron chi connectivity index (χ4n) is 2.76. The normalized spacial score (nSPS) is 16.6. The SMILES string of the molecule is CC(N)=NCCNc1ccc(N2CC(CNC(=O)c3ccc(Cl)s3)OC2=O)cc1. The van der Waals surface area contributed by atoms with Crippen LogP contribution >= 0.6 is 22.9 Å². The molecule has 0 bridgehead atoms. The van der Waals surface area contributed by atoms with Crippen LogP contribution in [0, 0.1) is 0 Å². The minimum Gasteiger partial charge on any atom is -0.442 e. The highest BCUT2D eigenvalue weighted by Crippen LogP contribution is 2.24. The quantitative estimate of drug-likeness (QED) is 0.335. The van der Waals surface area contributed by atoms with Gasteiger partial charge in [0, 0.05) is 17.9 Å². The van der Waals surface area contributed by atoms with Gasteiger partial charge in [-0.3, -0.25) is 14.7 Å². The first-order chi connectivity index (χ1) is 13.9. The molecule has 2 aromatic rings. The first-order valence-corrected chi connectivity index (χ1v) is 10.2. The molecule has 1 atom stereocenters. The van der Waals surface area contributed by atoms with Crippen LogP contribution in [0.1, 0.15) is 16.6 Å². The summed E-state index contributed by atoms with van der Waals surface area (Å²) in [5.74, 6) is 0.320. The van der Waals surface area contributed by atoms with Crippen molar-refractivity contribution in [2.75, 3.05) is 36.4 Å². The maximum atomic E-state index is 12.2. The first-order valence-electron chi connectivity index (χ1n) is 9.04. The zero-order valence-electron chi connectivity index (χ0n) is 15.9. The lowest BCUT2D eigenvalue weighted by Crippen LogP contribution is -2.34.